The van der Waals surface area contributed by atoms with Gasteiger partial charge in [-0.2, -0.15) is 35.1 Å². The first kappa shape index (κ1) is 36.5. The first-order valence-corrected chi connectivity index (χ1v) is 13.5. The number of hydrogen-bond acceptors (Lipinski definition) is 5. The van der Waals surface area contributed by atoms with Crippen molar-refractivity contribution in [3.05, 3.63) is 96.2 Å². The third-order valence-corrected chi connectivity index (χ3v) is 7.43. The number of carbonyl (C=O) groups excluding carboxylic acids is 2. The lowest BCUT2D eigenvalue weighted by Crippen LogP contribution is -2.50. The van der Waals surface area contributed by atoms with Crippen molar-refractivity contribution in [1.29, 1.82) is 0 Å². The summed E-state index contributed by atoms with van der Waals surface area (Å²) in [6.07, 6.45) is -14.4. The van der Waals surface area contributed by atoms with E-state index in [0.717, 1.165) is 41.3 Å². The fraction of sp³-hybridized carbons (Fsp3) is 0.259. The highest BCUT2D eigenvalue weighted by Gasteiger charge is 2.73. The van der Waals surface area contributed by atoms with Gasteiger partial charge in [-0.05, 0) is 37.3 Å². The van der Waals surface area contributed by atoms with Crippen molar-refractivity contribution in [3.63, 3.8) is 0 Å². The van der Waals surface area contributed by atoms with Gasteiger partial charge in [-0.3, -0.25) is 19.7 Å². The number of nitrogens with zero attached hydrogens (tertiary/aromatic N) is 2. The maximum atomic E-state index is 15.7. The molecular weight excluding hydrogens is 738 g/mol. The highest BCUT2D eigenvalue weighted by atomic mass is 79.9. The van der Waals surface area contributed by atoms with Gasteiger partial charge in [0.1, 0.15) is 5.75 Å². The number of benzene rings is 3. The molecule has 0 fully saturated rings. The quantitative estimate of drug-likeness (QED) is 0.0892. The Morgan fingerprint density at radius 2 is 1.61 bits per heavy atom. The molecule has 0 aliphatic carbocycles. The molecule has 3 rings (SSSR count). The van der Waals surface area contributed by atoms with Gasteiger partial charge in [0.2, 0.25) is 0 Å². The molecule has 0 aliphatic rings. The summed E-state index contributed by atoms with van der Waals surface area (Å²) in [5.74, 6) is -5.04. The number of rotatable bonds is 10. The van der Waals surface area contributed by atoms with Crippen molar-refractivity contribution in [3.8, 4) is 5.75 Å². The SMILES string of the molecule is CCN(C(=O)c1ccc([N+](=O)[O-])cc1Cl)c1cccc(C(=O)Cc2c(Br)cc(C(F)(C(F)(F)F)C(F)(F)F)cc2OC(F)F)c1F. The lowest BCUT2D eigenvalue weighted by molar-refractivity contribution is -0.384. The number of Topliss-reactive ketones (excluding diaryl/α,β-unsaturated/α-hetero) is 1. The van der Waals surface area contributed by atoms with Crippen molar-refractivity contribution >= 4 is 50.6 Å². The van der Waals surface area contributed by atoms with Gasteiger partial charge in [0.25, 0.3) is 11.6 Å². The molecule has 0 heterocycles. The number of halogens is 12. The summed E-state index contributed by atoms with van der Waals surface area (Å²) >= 11 is 8.57. The van der Waals surface area contributed by atoms with Crippen LogP contribution in [0.3, 0.4) is 0 Å². The Balaban J connectivity index is 2.07. The molecule has 7 nitrogen and oxygen atoms in total. The molecule has 0 N–H and O–H groups in total. The lowest BCUT2D eigenvalue weighted by Gasteiger charge is -2.31. The maximum Gasteiger partial charge on any atom is 0.435 e. The second-order valence-corrected chi connectivity index (χ2v) is 10.4. The van der Waals surface area contributed by atoms with Crippen LogP contribution >= 0.6 is 27.5 Å². The molecule has 0 spiro atoms. The van der Waals surface area contributed by atoms with Gasteiger partial charge in [-0.15, -0.1) is 0 Å². The largest absolute Gasteiger partial charge is 0.435 e. The molecule has 0 saturated carbocycles. The van der Waals surface area contributed by atoms with Gasteiger partial charge >= 0.3 is 24.6 Å². The van der Waals surface area contributed by atoms with E-state index in [9.17, 15) is 59.2 Å². The van der Waals surface area contributed by atoms with Crippen molar-refractivity contribution in [2.24, 2.45) is 0 Å². The zero-order chi connectivity index (χ0) is 34.9. The molecule has 0 unspecified atom stereocenters. The molecule has 0 aliphatic heterocycles. The van der Waals surface area contributed by atoms with Gasteiger partial charge in [0, 0.05) is 40.7 Å². The number of ketones is 1. The molecule has 0 saturated heterocycles. The van der Waals surface area contributed by atoms with Gasteiger partial charge in [-0.25, -0.2) is 8.78 Å². The monoisotopic (exact) mass is 752 g/mol. The van der Waals surface area contributed by atoms with Crippen LogP contribution in [0.5, 0.6) is 5.75 Å². The number of alkyl halides is 9. The Morgan fingerprint density at radius 3 is 2.11 bits per heavy atom. The van der Waals surface area contributed by atoms with Crippen molar-refractivity contribution in [2.75, 3.05) is 11.4 Å². The second-order valence-electron chi connectivity index (χ2n) is 9.18. The fourth-order valence-electron chi connectivity index (χ4n) is 4.23. The molecular formula is C27H16BrClF10N2O5. The molecule has 0 radical (unpaired) electrons. The summed E-state index contributed by atoms with van der Waals surface area (Å²) in [4.78, 5) is 37.3. The highest BCUT2D eigenvalue weighted by Crippen LogP contribution is 2.54. The van der Waals surface area contributed by atoms with E-state index >= 15 is 4.39 Å². The summed E-state index contributed by atoms with van der Waals surface area (Å²) in [6, 6.07) is 5.55. The van der Waals surface area contributed by atoms with Gasteiger partial charge < -0.3 is 9.64 Å². The summed E-state index contributed by atoms with van der Waals surface area (Å²) in [5.41, 5.74) is -11.1. The molecule has 248 valence electrons. The van der Waals surface area contributed by atoms with E-state index in [0.29, 0.717) is 0 Å². The standard InChI is InChI=1S/C27H16BrClF10N2O5/c1-2-40(23(43)14-7-6-13(41(44)45)10-18(14)29)19-5-3-4-15(22(19)30)20(42)11-16-17(28)8-12(9-21(16)46-24(31)32)25(33,26(34,35)36)27(37,38)39/h3-10,24H,2,11H2,1H3. The molecule has 1 amide bonds. The number of non-ortho nitro benzene ring substituents is 1. The average Bonchev–Trinajstić information content (AvgIpc) is 2.93. The van der Waals surface area contributed by atoms with Crippen LogP contribution in [0.4, 0.5) is 55.3 Å². The number of nitro benzene ring substituents is 1. The predicted molar refractivity (Wildman–Crippen MR) is 146 cm³/mol. The molecule has 0 bridgehead atoms. The van der Waals surface area contributed by atoms with E-state index in [1.54, 1.807) is 0 Å². The minimum Gasteiger partial charge on any atom is -0.434 e. The molecule has 0 atom stereocenters. The Labute approximate surface area is 265 Å². The minimum absolute atomic E-state index is 0.0277. The normalized spacial score (nSPS) is 12.3. The molecule has 3 aromatic rings. The van der Waals surface area contributed by atoms with Crippen LogP contribution in [0.15, 0.2) is 53.0 Å². The third-order valence-electron chi connectivity index (χ3n) is 6.41. The Bertz CT molecular complexity index is 1670. The van der Waals surface area contributed by atoms with Gasteiger partial charge in [0.05, 0.1) is 26.8 Å². The molecule has 19 heteroatoms. The number of hydrogen-bond donors (Lipinski definition) is 0. The maximum absolute atomic E-state index is 15.7. The van der Waals surface area contributed by atoms with E-state index in [4.69, 9.17) is 11.6 Å². The van der Waals surface area contributed by atoms with E-state index in [1.165, 1.54) is 6.92 Å². The fourth-order valence-corrected chi connectivity index (χ4v) is 5.07. The van der Waals surface area contributed by atoms with Crippen LogP contribution < -0.4 is 9.64 Å². The predicted octanol–water partition coefficient (Wildman–Crippen LogP) is 9.13. The molecule has 0 aromatic heterocycles. The number of nitro groups is 1. The van der Waals surface area contributed by atoms with Gasteiger partial charge in [-0.1, -0.05) is 33.6 Å². The molecule has 3 aromatic carbocycles. The first-order chi connectivity index (χ1) is 21.1. The van der Waals surface area contributed by atoms with Gasteiger partial charge in [0.15, 0.2) is 11.6 Å². The van der Waals surface area contributed by atoms with Crippen LogP contribution in [-0.4, -0.2) is 42.1 Å². The minimum atomic E-state index is -6.60. The van der Waals surface area contributed by atoms with Crippen molar-refractivity contribution < 1.29 is 63.2 Å². The highest BCUT2D eigenvalue weighted by molar-refractivity contribution is 9.10. The zero-order valence-corrected chi connectivity index (χ0v) is 24.9. The Morgan fingerprint density at radius 1 is 1.00 bits per heavy atom. The smallest absolute Gasteiger partial charge is 0.434 e. The summed E-state index contributed by atoms with van der Waals surface area (Å²) in [5, 5.41) is 10.6. The topological polar surface area (TPSA) is 89.8 Å². The summed E-state index contributed by atoms with van der Waals surface area (Å²) in [6.45, 7) is -2.72. The van der Waals surface area contributed by atoms with Crippen LogP contribution in [0.25, 0.3) is 0 Å². The lowest BCUT2D eigenvalue weighted by atomic mass is 9.91. The zero-order valence-electron chi connectivity index (χ0n) is 22.6. The second kappa shape index (κ2) is 13.4. The molecule has 46 heavy (non-hydrogen) atoms. The number of carbonyl (C=O) groups is 2. The van der Waals surface area contributed by atoms with Crippen LogP contribution in [0, 0.1) is 15.9 Å². The van der Waals surface area contributed by atoms with Crippen LogP contribution in [-0.2, 0) is 12.1 Å². The van der Waals surface area contributed by atoms with E-state index < -0.39 is 91.8 Å². The van der Waals surface area contributed by atoms with Crippen LogP contribution in [0.2, 0.25) is 5.02 Å². The third kappa shape index (κ3) is 7.06. The number of anilines is 1. The Hall–Kier alpha value is -3.93. The van der Waals surface area contributed by atoms with E-state index in [2.05, 4.69) is 20.7 Å². The van der Waals surface area contributed by atoms with E-state index in [-0.39, 0.29) is 29.3 Å². The van der Waals surface area contributed by atoms with Crippen molar-refractivity contribution in [1.82, 2.24) is 0 Å². The van der Waals surface area contributed by atoms with E-state index in [1.807, 2.05) is 0 Å². The van der Waals surface area contributed by atoms with Crippen LogP contribution in [0.1, 0.15) is 38.8 Å². The summed E-state index contributed by atoms with van der Waals surface area (Å²) < 4.78 is 140. The first-order valence-electron chi connectivity index (χ1n) is 12.3. The number of ether oxygens (including phenoxy) is 1. The number of amides is 1. The average molecular weight is 754 g/mol. The summed E-state index contributed by atoms with van der Waals surface area (Å²) in [7, 11) is 0. The van der Waals surface area contributed by atoms with Crippen molar-refractivity contribution in [2.45, 2.75) is 38.0 Å². The Kier molecular flexibility index (Phi) is 10.7.